The first-order valence-electron chi connectivity index (χ1n) is 4.70. The number of alkyl halides is 3. The highest BCUT2D eigenvalue weighted by Gasteiger charge is 2.33. The van der Waals surface area contributed by atoms with Gasteiger partial charge in [-0.2, -0.15) is 18.3 Å². The summed E-state index contributed by atoms with van der Waals surface area (Å²) in [5.41, 5.74) is -0.641. The molecule has 4 nitrogen and oxygen atoms in total. The molecule has 7 heteroatoms. The van der Waals surface area contributed by atoms with E-state index in [1.54, 1.807) is 0 Å². The van der Waals surface area contributed by atoms with Gasteiger partial charge in [0.25, 0.3) is 0 Å². The molecule has 0 aromatic carbocycles. The monoisotopic (exact) mass is 248 g/mol. The molecule has 0 amide bonds. The molecule has 1 aromatic heterocycles. The second-order valence-electron chi connectivity index (χ2n) is 3.30. The number of carbonyl (C=O) groups excluding carboxylic acids is 1. The number of allylic oxidation sites excluding steroid dienone is 1. The largest absolute Gasteiger partial charge is 0.466 e. The van der Waals surface area contributed by atoms with Crippen molar-refractivity contribution in [3.05, 3.63) is 29.6 Å². The van der Waals surface area contributed by atoms with Crippen LogP contribution in [0.4, 0.5) is 13.2 Å². The van der Waals surface area contributed by atoms with E-state index in [-0.39, 0.29) is 6.54 Å². The maximum absolute atomic E-state index is 12.2. The molecule has 94 valence electrons. The maximum Gasteiger partial charge on any atom is 0.435 e. The van der Waals surface area contributed by atoms with Gasteiger partial charge in [-0.1, -0.05) is 6.08 Å². The number of rotatable bonds is 3. The number of esters is 1. The minimum absolute atomic E-state index is 0.0804. The second kappa shape index (κ2) is 5.03. The fourth-order valence-corrected chi connectivity index (χ4v) is 1.09. The number of aromatic nitrogens is 2. The first kappa shape index (κ1) is 13.3. The number of methoxy groups -OCH3 is 1. The fraction of sp³-hybridized carbons (Fsp3) is 0.400. The maximum atomic E-state index is 12.2. The number of carbonyl (C=O) groups is 1. The smallest absolute Gasteiger partial charge is 0.435 e. The van der Waals surface area contributed by atoms with E-state index in [4.69, 9.17) is 0 Å². The van der Waals surface area contributed by atoms with Gasteiger partial charge in [-0.25, -0.2) is 4.79 Å². The molecule has 0 saturated heterocycles. The first-order valence-corrected chi connectivity index (χ1v) is 4.70. The Morgan fingerprint density at radius 1 is 1.59 bits per heavy atom. The lowest BCUT2D eigenvalue weighted by molar-refractivity contribution is -0.141. The van der Waals surface area contributed by atoms with Crippen molar-refractivity contribution in [2.75, 3.05) is 7.11 Å². The summed E-state index contributed by atoms with van der Waals surface area (Å²) < 4.78 is 42.2. The molecule has 1 rings (SSSR count). The van der Waals surface area contributed by atoms with Crippen molar-refractivity contribution in [2.45, 2.75) is 19.6 Å². The van der Waals surface area contributed by atoms with Crippen molar-refractivity contribution >= 4 is 5.97 Å². The minimum Gasteiger partial charge on any atom is -0.466 e. The Morgan fingerprint density at radius 2 is 2.24 bits per heavy atom. The van der Waals surface area contributed by atoms with Crippen LogP contribution in [0.5, 0.6) is 0 Å². The summed E-state index contributed by atoms with van der Waals surface area (Å²) in [6.45, 7) is 1.59. The summed E-state index contributed by atoms with van der Waals surface area (Å²) >= 11 is 0. The summed E-state index contributed by atoms with van der Waals surface area (Å²) in [5.74, 6) is -0.520. The Bertz CT molecular complexity index is 435. The van der Waals surface area contributed by atoms with Crippen LogP contribution in [-0.2, 0) is 22.3 Å². The summed E-state index contributed by atoms with van der Waals surface area (Å²) in [6.07, 6.45) is -1.81. The third kappa shape index (κ3) is 3.61. The van der Waals surface area contributed by atoms with E-state index in [9.17, 15) is 18.0 Å². The third-order valence-electron chi connectivity index (χ3n) is 2.02. The van der Waals surface area contributed by atoms with Crippen LogP contribution < -0.4 is 0 Å². The van der Waals surface area contributed by atoms with Crippen LogP contribution in [0.15, 0.2) is 23.9 Å². The summed E-state index contributed by atoms with van der Waals surface area (Å²) in [5, 5.41) is 3.33. The molecule has 1 aromatic rings. The van der Waals surface area contributed by atoms with Gasteiger partial charge in [0.15, 0.2) is 5.69 Å². The number of hydrogen-bond acceptors (Lipinski definition) is 3. The molecule has 0 N–H and O–H groups in total. The molecule has 0 aliphatic rings. The highest BCUT2D eigenvalue weighted by molar-refractivity contribution is 5.87. The quantitative estimate of drug-likeness (QED) is 0.607. The van der Waals surface area contributed by atoms with E-state index in [0.717, 1.165) is 10.7 Å². The Kier molecular flexibility index (Phi) is 3.93. The Hall–Kier alpha value is -1.79. The van der Waals surface area contributed by atoms with Gasteiger partial charge in [-0.05, 0) is 13.0 Å². The Morgan fingerprint density at radius 3 is 2.71 bits per heavy atom. The zero-order valence-corrected chi connectivity index (χ0v) is 9.28. The van der Waals surface area contributed by atoms with E-state index in [1.807, 2.05) is 0 Å². The zero-order valence-electron chi connectivity index (χ0n) is 9.28. The molecule has 0 radical (unpaired) electrons. The molecule has 0 saturated carbocycles. The van der Waals surface area contributed by atoms with Crippen molar-refractivity contribution in [3.63, 3.8) is 0 Å². The molecular formula is C10H11F3N2O2. The van der Waals surface area contributed by atoms with Crippen molar-refractivity contribution in [2.24, 2.45) is 0 Å². The van der Waals surface area contributed by atoms with Crippen LogP contribution in [0.2, 0.25) is 0 Å². The summed E-state index contributed by atoms with van der Waals surface area (Å²) in [7, 11) is 1.23. The molecule has 0 aliphatic carbocycles. The second-order valence-corrected chi connectivity index (χ2v) is 3.30. The zero-order chi connectivity index (χ0) is 13.1. The van der Waals surface area contributed by atoms with E-state index in [2.05, 4.69) is 9.84 Å². The summed E-state index contributed by atoms with van der Waals surface area (Å²) in [6, 6.07) is 0.876. The Balaban J connectivity index is 2.71. The highest BCUT2D eigenvalue weighted by atomic mass is 19.4. The lowest BCUT2D eigenvalue weighted by Gasteiger charge is -2.01. The first-order chi connectivity index (χ1) is 7.84. The van der Waals surface area contributed by atoms with E-state index >= 15 is 0 Å². The standard InChI is InChI=1S/C10H11F3N2O2/c1-7(9(16)17-2)3-5-15-6-4-8(14-15)10(11,12)13/h3-4,6H,5H2,1-2H3. The van der Waals surface area contributed by atoms with Crippen LogP contribution in [0.3, 0.4) is 0 Å². The minimum atomic E-state index is -4.45. The highest BCUT2D eigenvalue weighted by Crippen LogP contribution is 2.27. The van der Waals surface area contributed by atoms with Crippen molar-refractivity contribution in [1.29, 1.82) is 0 Å². The molecule has 0 unspecified atom stereocenters. The van der Waals surface area contributed by atoms with Crippen LogP contribution in [-0.4, -0.2) is 22.9 Å². The molecule has 0 atom stereocenters. The molecule has 0 bridgehead atoms. The van der Waals surface area contributed by atoms with E-state index in [0.29, 0.717) is 5.57 Å². The predicted octanol–water partition coefficient (Wildman–Crippen LogP) is 2.02. The van der Waals surface area contributed by atoms with Gasteiger partial charge in [-0.15, -0.1) is 0 Å². The molecule has 0 fully saturated rings. The predicted molar refractivity (Wildman–Crippen MR) is 53.0 cm³/mol. The van der Waals surface area contributed by atoms with Gasteiger partial charge in [0, 0.05) is 11.8 Å². The Labute approximate surface area is 95.7 Å². The van der Waals surface area contributed by atoms with Crippen molar-refractivity contribution < 1.29 is 22.7 Å². The lowest BCUT2D eigenvalue weighted by Crippen LogP contribution is -2.08. The molecule has 17 heavy (non-hydrogen) atoms. The SMILES string of the molecule is COC(=O)C(C)=CCn1ccc(C(F)(F)F)n1. The van der Waals surface area contributed by atoms with Crippen molar-refractivity contribution in [1.82, 2.24) is 9.78 Å². The van der Waals surface area contributed by atoms with Gasteiger partial charge in [-0.3, -0.25) is 4.68 Å². The van der Waals surface area contributed by atoms with Gasteiger partial charge < -0.3 is 4.74 Å². The van der Waals surface area contributed by atoms with E-state index in [1.165, 1.54) is 26.3 Å². The van der Waals surface area contributed by atoms with Crippen molar-refractivity contribution in [3.8, 4) is 0 Å². The number of hydrogen-bond donors (Lipinski definition) is 0. The molecule has 0 aliphatic heterocycles. The van der Waals surface area contributed by atoms with Crippen LogP contribution in [0.25, 0.3) is 0 Å². The molecule has 1 heterocycles. The number of nitrogens with zero attached hydrogens (tertiary/aromatic N) is 2. The third-order valence-corrected chi connectivity index (χ3v) is 2.02. The van der Waals surface area contributed by atoms with Crippen LogP contribution >= 0.6 is 0 Å². The number of ether oxygens (including phenoxy) is 1. The van der Waals surface area contributed by atoms with E-state index < -0.39 is 17.8 Å². The average Bonchev–Trinajstić information content (AvgIpc) is 2.72. The van der Waals surface area contributed by atoms with Gasteiger partial charge in [0.2, 0.25) is 0 Å². The topological polar surface area (TPSA) is 44.1 Å². The fourth-order valence-electron chi connectivity index (χ4n) is 1.09. The van der Waals surface area contributed by atoms with Gasteiger partial charge >= 0.3 is 12.1 Å². The normalized spacial score (nSPS) is 12.6. The molecular weight excluding hydrogens is 237 g/mol. The van der Waals surface area contributed by atoms with Crippen LogP contribution in [0, 0.1) is 0 Å². The van der Waals surface area contributed by atoms with Crippen LogP contribution in [0.1, 0.15) is 12.6 Å². The van der Waals surface area contributed by atoms with Gasteiger partial charge in [0.05, 0.1) is 13.7 Å². The number of halogens is 3. The lowest BCUT2D eigenvalue weighted by atomic mass is 10.3. The summed E-state index contributed by atoms with van der Waals surface area (Å²) in [4.78, 5) is 11.0. The van der Waals surface area contributed by atoms with Gasteiger partial charge in [0.1, 0.15) is 0 Å². The average molecular weight is 248 g/mol. The molecule has 0 spiro atoms.